The average Bonchev–Trinajstić information content (AvgIpc) is 2.67. The monoisotopic (exact) mass is 375 g/mol. The van der Waals surface area contributed by atoms with E-state index >= 15 is 0 Å². The molecular weight excluding hydrogens is 352 g/mol. The first kappa shape index (κ1) is 18.3. The zero-order valence-corrected chi connectivity index (χ0v) is 15.5. The number of rotatable bonds is 5. The SMILES string of the molecule is Cc1ccc(S(=O)(=O)NCC(=O)N2CCN(c3cccc[nH+]3)CC2)cc1. The molecule has 1 fully saturated rings. The molecule has 0 aliphatic carbocycles. The number of piperazine rings is 1. The molecule has 0 bridgehead atoms. The van der Waals surface area contributed by atoms with Crippen LogP contribution in [0.1, 0.15) is 5.56 Å². The van der Waals surface area contributed by atoms with Crippen LogP contribution in [-0.4, -0.2) is 51.9 Å². The first-order valence-electron chi connectivity index (χ1n) is 8.51. The highest BCUT2D eigenvalue weighted by Gasteiger charge is 2.26. The second kappa shape index (κ2) is 7.84. The molecule has 1 aliphatic rings. The third-order valence-electron chi connectivity index (χ3n) is 4.41. The first-order chi connectivity index (χ1) is 12.5. The Morgan fingerprint density at radius 1 is 1.08 bits per heavy atom. The molecule has 7 nitrogen and oxygen atoms in total. The van der Waals surface area contributed by atoms with Gasteiger partial charge < -0.3 is 4.90 Å². The molecule has 0 unspecified atom stereocenters. The number of hydrogen-bond acceptors (Lipinski definition) is 4. The number of benzene rings is 1. The number of sulfonamides is 1. The van der Waals surface area contributed by atoms with Crippen molar-refractivity contribution in [1.29, 1.82) is 0 Å². The Labute approximate surface area is 153 Å². The van der Waals surface area contributed by atoms with Gasteiger partial charge in [-0.05, 0) is 25.1 Å². The number of H-pyrrole nitrogens is 1. The number of nitrogens with one attached hydrogen (secondary N) is 2. The number of aryl methyl sites for hydroxylation is 1. The minimum Gasteiger partial charge on any atom is -0.334 e. The van der Waals surface area contributed by atoms with E-state index in [1.54, 1.807) is 17.0 Å². The molecule has 0 spiro atoms. The molecule has 0 saturated carbocycles. The number of pyridine rings is 1. The summed E-state index contributed by atoms with van der Waals surface area (Å²) in [5, 5.41) is 0. The van der Waals surface area contributed by atoms with Gasteiger partial charge in [0.25, 0.3) is 5.82 Å². The van der Waals surface area contributed by atoms with E-state index in [9.17, 15) is 13.2 Å². The normalized spacial score (nSPS) is 15.1. The predicted molar refractivity (Wildman–Crippen MR) is 98.2 cm³/mol. The maximum atomic E-state index is 12.3. The third kappa shape index (κ3) is 4.39. The number of aromatic nitrogens is 1. The molecule has 1 aliphatic heterocycles. The minimum atomic E-state index is -3.68. The van der Waals surface area contributed by atoms with Crippen molar-refractivity contribution in [1.82, 2.24) is 9.62 Å². The van der Waals surface area contributed by atoms with Crippen molar-refractivity contribution in [2.75, 3.05) is 37.6 Å². The van der Waals surface area contributed by atoms with E-state index in [2.05, 4.69) is 14.6 Å². The Hall–Kier alpha value is -2.45. The summed E-state index contributed by atoms with van der Waals surface area (Å²) in [6.07, 6.45) is 1.87. The molecule has 138 valence electrons. The van der Waals surface area contributed by atoms with Crippen molar-refractivity contribution in [2.24, 2.45) is 0 Å². The van der Waals surface area contributed by atoms with E-state index in [0.29, 0.717) is 26.2 Å². The van der Waals surface area contributed by atoms with Gasteiger partial charge in [0.1, 0.15) is 13.1 Å². The highest BCUT2D eigenvalue weighted by molar-refractivity contribution is 7.89. The number of hydrogen-bond donors (Lipinski definition) is 1. The van der Waals surface area contributed by atoms with Crippen molar-refractivity contribution >= 4 is 21.7 Å². The van der Waals surface area contributed by atoms with E-state index in [1.165, 1.54) is 12.1 Å². The lowest BCUT2D eigenvalue weighted by Gasteiger charge is -2.31. The summed E-state index contributed by atoms with van der Waals surface area (Å²) in [5.41, 5.74) is 0.980. The highest BCUT2D eigenvalue weighted by Crippen LogP contribution is 2.11. The standard InChI is InChI=1S/C18H22N4O3S/c1-15-5-7-16(8-6-15)26(24,25)20-14-18(23)22-12-10-21(11-13-22)17-4-2-3-9-19-17/h2-9,20H,10-14H2,1H3/p+1. The number of carbonyl (C=O) groups is 1. The largest absolute Gasteiger partial charge is 0.334 e. The van der Waals surface area contributed by atoms with Gasteiger partial charge >= 0.3 is 0 Å². The molecule has 2 N–H and O–H groups in total. The third-order valence-corrected chi connectivity index (χ3v) is 5.83. The predicted octanol–water partition coefficient (Wildman–Crippen LogP) is 0.436. The van der Waals surface area contributed by atoms with Crippen LogP contribution in [-0.2, 0) is 14.8 Å². The summed E-state index contributed by atoms with van der Waals surface area (Å²) in [4.78, 5) is 19.6. The quantitative estimate of drug-likeness (QED) is 0.822. The minimum absolute atomic E-state index is 0.167. The van der Waals surface area contributed by atoms with Crippen molar-refractivity contribution in [2.45, 2.75) is 11.8 Å². The second-order valence-electron chi connectivity index (χ2n) is 6.25. The lowest BCUT2D eigenvalue weighted by atomic mass is 10.2. The fourth-order valence-corrected chi connectivity index (χ4v) is 3.82. The van der Waals surface area contributed by atoms with Gasteiger partial charge in [-0.2, -0.15) is 0 Å². The van der Waals surface area contributed by atoms with Gasteiger partial charge in [-0.25, -0.2) is 18.1 Å². The number of amides is 1. The molecular formula is C18H23N4O3S+. The molecule has 8 heteroatoms. The van der Waals surface area contributed by atoms with Gasteiger partial charge in [0.05, 0.1) is 30.7 Å². The second-order valence-corrected chi connectivity index (χ2v) is 8.02. The summed E-state index contributed by atoms with van der Waals surface area (Å²) >= 11 is 0. The van der Waals surface area contributed by atoms with E-state index in [0.717, 1.165) is 11.4 Å². The molecule has 2 aromatic rings. The average molecular weight is 375 g/mol. The van der Waals surface area contributed by atoms with Gasteiger partial charge in [-0.3, -0.25) is 9.69 Å². The summed E-state index contributed by atoms with van der Waals surface area (Å²) in [6.45, 7) is 4.20. The van der Waals surface area contributed by atoms with E-state index in [1.807, 2.05) is 31.3 Å². The Bertz CT molecular complexity index is 846. The molecule has 1 aromatic carbocycles. The van der Waals surface area contributed by atoms with Gasteiger partial charge in [-0.1, -0.05) is 23.8 Å². The summed E-state index contributed by atoms with van der Waals surface area (Å²) in [6, 6.07) is 12.4. The maximum Gasteiger partial charge on any atom is 0.274 e. The fourth-order valence-electron chi connectivity index (χ4n) is 2.85. The fraction of sp³-hybridized carbons (Fsp3) is 0.333. The van der Waals surface area contributed by atoms with Crippen LogP contribution in [0.15, 0.2) is 53.6 Å². The van der Waals surface area contributed by atoms with Crippen LogP contribution in [0.2, 0.25) is 0 Å². The molecule has 0 atom stereocenters. The summed E-state index contributed by atoms with van der Waals surface area (Å²) in [5.74, 6) is 0.803. The zero-order valence-electron chi connectivity index (χ0n) is 14.7. The van der Waals surface area contributed by atoms with Crippen LogP contribution in [0.5, 0.6) is 0 Å². The Morgan fingerprint density at radius 3 is 2.38 bits per heavy atom. The number of anilines is 1. The van der Waals surface area contributed by atoms with Gasteiger partial charge in [0, 0.05) is 6.07 Å². The Morgan fingerprint density at radius 2 is 1.77 bits per heavy atom. The number of aromatic amines is 1. The number of carbonyl (C=O) groups excluding carboxylic acids is 1. The Kier molecular flexibility index (Phi) is 5.53. The summed E-state index contributed by atoms with van der Waals surface area (Å²) in [7, 11) is -3.68. The van der Waals surface area contributed by atoms with Crippen LogP contribution in [0.4, 0.5) is 5.82 Å². The van der Waals surface area contributed by atoms with Gasteiger partial charge in [0.15, 0.2) is 0 Å². The van der Waals surface area contributed by atoms with Crippen LogP contribution in [0.3, 0.4) is 0 Å². The molecule has 1 aromatic heterocycles. The van der Waals surface area contributed by atoms with Crippen LogP contribution in [0.25, 0.3) is 0 Å². The van der Waals surface area contributed by atoms with Crippen LogP contribution in [0, 0.1) is 6.92 Å². The van der Waals surface area contributed by atoms with Crippen molar-refractivity contribution in [3.63, 3.8) is 0 Å². The van der Waals surface area contributed by atoms with Crippen molar-refractivity contribution < 1.29 is 18.2 Å². The summed E-state index contributed by atoms with van der Waals surface area (Å²) < 4.78 is 26.9. The highest BCUT2D eigenvalue weighted by atomic mass is 32.2. The first-order valence-corrected chi connectivity index (χ1v) is 10.00. The van der Waals surface area contributed by atoms with E-state index < -0.39 is 10.0 Å². The van der Waals surface area contributed by atoms with E-state index in [4.69, 9.17) is 0 Å². The van der Waals surface area contributed by atoms with Gasteiger partial charge in [0.2, 0.25) is 15.9 Å². The van der Waals surface area contributed by atoms with Crippen LogP contribution >= 0.6 is 0 Å². The lowest BCUT2D eigenvalue weighted by Crippen LogP contribution is -2.52. The Balaban J connectivity index is 1.52. The zero-order chi connectivity index (χ0) is 18.6. The lowest BCUT2D eigenvalue weighted by molar-refractivity contribution is -0.364. The van der Waals surface area contributed by atoms with Crippen LogP contribution < -0.4 is 14.6 Å². The van der Waals surface area contributed by atoms with Crippen molar-refractivity contribution in [3.8, 4) is 0 Å². The molecule has 3 rings (SSSR count). The maximum absolute atomic E-state index is 12.3. The molecule has 26 heavy (non-hydrogen) atoms. The smallest absolute Gasteiger partial charge is 0.274 e. The molecule has 1 saturated heterocycles. The molecule has 1 amide bonds. The van der Waals surface area contributed by atoms with Crippen molar-refractivity contribution in [3.05, 3.63) is 54.2 Å². The molecule has 0 radical (unpaired) electrons. The van der Waals surface area contributed by atoms with E-state index in [-0.39, 0.29) is 17.3 Å². The molecule has 2 heterocycles. The topological polar surface area (TPSA) is 83.9 Å². The van der Waals surface area contributed by atoms with Gasteiger partial charge in [-0.15, -0.1) is 0 Å². The number of nitrogens with zero attached hydrogens (tertiary/aromatic N) is 2.